The molecule has 0 aromatic heterocycles. The molecule has 2 rings (SSSR count). The molecule has 0 heterocycles. The van der Waals surface area contributed by atoms with Crippen molar-refractivity contribution in [2.24, 2.45) is 11.8 Å². The van der Waals surface area contributed by atoms with Gasteiger partial charge in [0.2, 0.25) is 0 Å². The number of rotatable bonds is 2. The van der Waals surface area contributed by atoms with Gasteiger partial charge in [0.1, 0.15) is 11.9 Å². The summed E-state index contributed by atoms with van der Waals surface area (Å²) in [5, 5.41) is 10.0. The molecule has 0 spiro atoms. The van der Waals surface area contributed by atoms with Crippen molar-refractivity contribution in [2.45, 2.75) is 46.1 Å². The average Bonchev–Trinajstić information content (AvgIpc) is 2.36. The van der Waals surface area contributed by atoms with Gasteiger partial charge < -0.3 is 4.74 Å². The number of halogens is 1. The highest BCUT2D eigenvalue weighted by atomic mass is 35.5. The van der Waals surface area contributed by atoms with E-state index in [4.69, 9.17) is 16.3 Å². The van der Waals surface area contributed by atoms with Crippen molar-refractivity contribution in [1.82, 2.24) is 0 Å². The summed E-state index contributed by atoms with van der Waals surface area (Å²) in [5.41, 5.74) is 2.04. The van der Waals surface area contributed by atoms with Crippen LogP contribution in [0, 0.1) is 37.0 Å². The third-order valence-corrected chi connectivity index (χ3v) is 4.51. The lowest BCUT2D eigenvalue weighted by Gasteiger charge is -2.31. The molecule has 102 valence electrons. The number of nitrogens with zero attached hydrogens (tertiary/aromatic N) is 1. The first-order valence-corrected chi connectivity index (χ1v) is 7.22. The van der Waals surface area contributed by atoms with Crippen molar-refractivity contribution in [3.8, 4) is 11.8 Å². The summed E-state index contributed by atoms with van der Waals surface area (Å²) in [4.78, 5) is 0. The Morgan fingerprint density at radius 3 is 2.47 bits per heavy atom. The standard InChI is InChI=1S/C16H20ClNO/c1-10-4-5-13(9-18)15(6-10)19-14-7-11(2)16(17)12(3)8-14/h7-8,10,13,15H,4-6H2,1-3H3. The second-order valence-corrected chi connectivity index (χ2v) is 6.06. The molecule has 2 nitrogen and oxygen atoms in total. The van der Waals surface area contributed by atoms with Crippen LogP contribution in [0.5, 0.6) is 5.75 Å². The van der Waals surface area contributed by atoms with E-state index in [9.17, 15) is 5.26 Å². The lowest BCUT2D eigenvalue weighted by Crippen LogP contribution is -2.32. The molecule has 1 aliphatic carbocycles. The van der Waals surface area contributed by atoms with Gasteiger partial charge >= 0.3 is 0 Å². The SMILES string of the molecule is Cc1cc(OC2CC(C)CCC2C#N)cc(C)c1Cl. The van der Waals surface area contributed by atoms with Gasteiger partial charge in [-0.3, -0.25) is 0 Å². The second kappa shape index (κ2) is 5.84. The Kier molecular flexibility index (Phi) is 4.37. The van der Waals surface area contributed by atoms with E-state index < -0.39 is 0 Å². The summed E-state index contributed by atoms with van der Waals surface area (Å²) in [6, 6.07) is 6.31. The summed E-state index contributed by atoms with van der Waals surface area (Å²) in [6.07, 6.45) is 3.03. The van der Waals surface area contributed by atoms with Crippen molar-refractivity contribution < 1.29 is 4.74 Å². The molecular formula is C16H20ClNO. The van der Waals surface area contributed by atoms with Crippen molar-refractivity contribution >= 4 is 11.6 Å². The van der Waals surface area contributed by atoms with Gasteiger partial charge in [0.15, 0.2) is 0 Å². The fourth-order valence-electron chi connectivity index (χ4n) is 2.76. The van der Waals surface area contributed by atoms with Crippen LogP contribution >= 0.6 is 11.6 Å². The average molecular weight is 278 g/mol. The lowest BCUT2D eigenvalue weighted by molar-refractivity contribution is 0.0955. The molecule has 19 heavy (non-hydrogen) atoms. The van der Waals surface area contributed by atoms with Gasteiger partial charge in [-0.15, -0.1) is 0 Å². The number of hydrogen-bond acceptors (Lipinski definition) is 2. The van der Waals surface area contributed by atoms with E-state index in [1.165, 1.54) is 0 Å². The van der Waals surface area contributed by atoms with E-state index in [-0.39, 0.29) is 12.0 Å². The van der Waals surface area contributed by atoms with Gasteiger partial charge in [0, 0.05) is 5.02 Å². The number of ether oxygens (including phenoxy) is 1. The molecule has 1 aromatic rings. The second-order valence-electron chi connectivity index (χ2n) is 5.68. The Labute approximate surface area is 120 Å². The van der Waals surface area contributed by atoms with E-state index in [2.05, 4.69) is 13.0 Å². The predicted molar refractivity (Wildman–Crippen MR) is 77.5 cm³/mol. The van der Waals surface area contributed by atoms with Crippen LogP contribution in [0.2, 0.25) is 5.02 Å². The van der Waals surface area contributed by atoms with Gasteiger partial charge in [-0.05, 0) is 62.3 Å². The zero-order chi connectivity index (χ0) is 14.0. The van der Waals surface area contributed by atoms with Gasteiger partial charge in [-0.1, -0.05) is 18.5 Å². The predicted octanol–water partition coefficient (Wildman–Crippen LogP) is 4.66. The van der Waals surface area contributed by atoms with Crippen LogP contribution in [-0.2, 0) is 0 Å². The van der Waals surface area contributed by atoms with Crippen molar-refractivity contribution in [3.05, 3.63) is 28.3 Å². The molecule has 1 aliphatic rings. The van der Waals surface area contributed by atoms with Crippen LogP contribution in [0.4, 0.5) is 0 Å². The summed E-state index contributed by atoms with van der Waals surface area (Å²) >= 11 is 6.16. The molecule has 0 saturated heterocycles. The number of benzene rings is 1. The Morgan fingerprint density at radius 2 is 1.89 bits per heavy atom. The van der Waals surface area contributed by atoms with E-state index in [1.807, 2.05) is 26.0 Å². The van der Waals surface area contributed by atoms with Crippen LogP contribution in [0.25, 0.3) is 0 Å². The molecule has 3 unspecified atom stereocenters. The number of aryl methyl sites for hydroxylation is 2. The summed E-state index contributed by atoms with van der Waals surface area (Å²) in [6.45, 7) is 6.18. The van der Waals surface area contributed by atoms with Gasteiger partial charge in [0.25, 0.3) is 0 Å². The summed E-state index contributed by atoms with van der Waals surface area (Å²) in [7, 11) is 0. The Hall–Kier alpha value is -1.20. The molecule has 0 radical (unpaired) electrons. The lowest BCUT2D eigenvalue weighted by atomic mass is 9.81. The van der Waals surface area contributed by atoms with Crippen molar-refractivity contribution in [2.75, 3.05) is 0 Å². The third kappa shape index (κ3) is 3.22. The van der Waals surface area contributed by atoms with Gasteiger partial charge in [-0.2, -0.15) is 5.26 Å². The van der Waals surface area contributed by atoms with E-state index in [0.29, 0.717) is 5.92 Å². The molecule has 0 aliphatic heterocycles. The van der Waals surface area contributed by atoms with Crippen LogP contribution < -0.4 is 4.74 Å². The van der Waals surface area contributed by atoms with Gasteiger partial charge in [0.05, 0.1) is 12.0 Å². The Balaban J connectivity index is 2.17. The zero-order valence-electron chi connectivity index (χ0n) is 11.7. The quantitative estimate of drug-likeness (QED) is 0.787. The highest BCUT2D eigenvalue weighted by molar-refractivity contribution is 6.32. The summed E-state index contributed by atoms with van der Waals surface area (Å²) < 4.78 is 6.06. The summed E-state index contributed by atoms with van der Waals surface area (Å²) in [5.74, 6) is 1.47. The maximum absolute atomic E-state index is 9.23. The maximum atomic E-state index is 9.23. The molecule has 1 aromatic carbocycles. The highest BCUT2D eigenvalue weighted by Gasteiger charge is 2.30. The topological polar surface area (TPSA) is 33.0 Å². The fraction of sp³-hybridized carbons (Fsp3) is 0.562. The van der Waals surface area contributed by atoms with Crippen LogP contribution in [0.3, 0.4) is 0 Å². The Bertz CT molecular complexity index is 483. The monoisotopic (exact) mass is 277 g/mol. The van der Waals surface area contributed by atoms with Crippen LogP contribution in [0.15, 0.2) is 12.1 Å². The van der Waals surface area contributed by atoms with Crippen molar-refractivity contribution in [3.63, 3.8) is 0 Å². The zero-order valence-corrected chi connectivity index (χ0v) is 12.5. The maximum Gasteiger partial charge on any atom is 0.120 e. The number of hydrogen-bond donors (Lipinski definition) is 0. The fourth-order valence-corrected chi connectivity index (χ4v) is 2.86. The molecule has 3 atom stereocenters. The Morgan fingerprint density at radius 1 is 1.26 bits per heavy atom. The molecule has 1 saturated carbocycles. The van der Waals surface area contributed by atoms with Crippen LogP contribution in [-0.4, -0.2) is 6.10 Å². The smallest absolute Gasteiger partial charge is 0.120 e. The van der Waals surface area contributed by atoms with Crippen LogP contribution in [0.1, 0.15) is 37.3 Å². The van der Waals surface area contributed by atoms with Gasteiger partial charge in [-0.25, -0.2) is 0 Å². The molecule has 0 amide bonds. The minimum atomic E-state index is 0.00694. The molecular weight excluding hydrogens is 258 g/mol. The normalized spacial score (nSPS) is 26.8. The highest BCUT2D eigenvalue weighted by Crippen LogP contribution is 2.33. The van der Waals surface area contributed by atoms with E-state index in [0.717, 1.165) is 41.2 Å². The first-order valence-electron chi connectivity index (χ1n) is 6.84. The number of nitriles is 1. The third-order valence-electron chi connectivity index (χ3n) is 3.92. The van der Waals surface area contributed by atoms with E-state index >= 15 is 0 Å². The molecule has 3 heteroatoms. The molecule has 0 N–H and O–H groups in total. The minimum absolute atomic E-state index is 0.00694. The van der Waals surface area contributed by atoms with E-state index in [1.54, 1.807) is 0 Å². The molecule has 0 bridgehead atoms. The minimum Gasteiger partial charge on any atom is -0.489 e. The molecule has 1 fully saturated rings. The first kappa shape index (κ1) is 14.2. The van der Waals surface area contributed by atoms with Crippen molar-refractivity contribution in [1.29, 1.82) is 5.26 Å². The largest absolute Gasteiger partial charge is 0.489 e. The first-order chi connectivity index (χ1) is 9.01.